The molecule has 0 amide bonds. The van der Waals surface area contributed by atoms with Gasteiger partial charge in [-0.1, -0.05) is 6.07 Å². The van der Waals surface area contributed by atoms with E-state index in [0.29, 0.717) is 5.56 Å². The maximum atomic E-state index is 13.8. The van der Waals surface area contributed by atoms with Crippen LogP contribution in [-0.2, 0) is 9.03 Å². The summed E-state index contributed by atoms with van der Waals surface area (Å²) in [5.74, 6) is -0.503. The number of hydrogen-bond acceptors (Lipinski definition) is 4. The molecule has 0 aliphatic heterocycles. The van der Waals surface area contributed by atoms with Gasteiger partial charge in [-0.05, 0) is 18.6 Å². The lowest BCUT2D eigenvalue weighted by molar-refractivity contribution is 0.0472. The highest BCUT2D eigenvalue weighted by Gasteiger charge is 2.13. The molecule has 1 aromatic carbocycles. The Morgan fingerprint density at radius 2 is 2.00 bits per heavy atom. The van der Waals surface area contributed by atoms with Gasteiger partial charge in [-0.15, -0.1) is 0 Å². The van der Waals surface area contributed by atoms with Crippen LogP contribution in [0, 0.1) is 12.7 Å². The van der Waals surface area contributed by atoms with Gasteiger partial charge in [-0.25, -0.2) is 4.29 Å². The molecule has 0 atom stereocenters. The van der Waals surface area contributed by atoms with Crippen molar-refractivity contribution in [3.05, 3.63) is 23.5 Å². The zero-order valence-corrected chi connectivity index (χ0v) is 9.71. The minimum absolute atomic E-state index is 0.0363. The molecule has 0 bridgehead atoms. The summed E-state index contributed by atoms with van der Waals surface area (Å²) in [6.07, 6.45) is 0. The van der Waals surface area contributed by atoms with Crippen LogP contribution in [0.25, 0.3) is 0 Å². The highest BCUT2D eigenvalue weighted by Crippen LogP contribution is 2.30. The SMILES string of the molecule is COCOc1ccc(C)c(OCOCl)c1F. The fourth-order valence-electron chi connectivity index (χ4n) is 1.13. The summed E-state index contributed by atoms with van der Waals surface area (Å²) in [7, 11) is 1.45. The van der Waals surface area contributed by atoms with E-state index in [2.05, 4.69) is 9.03 Å². The van der Waals surface area contributed by atoms with Crippen molar-refractivity contribution in [1.82, 2.24) is 0 Å². The minimum atomic E-state index is -0.606. The summed E-state index contributed by atoms with van der Waals surface area (Å²) in [5.41, 5.74) is 0.621. The first-order chi connectivity index (χ1) is 7.70. The number of ether oxygens (including phenoxy) is 3. The second-order valence-corrected chi connectivity index (χ2v) is 3.16. The van der Waals surface area contributed by atoms with Gasteiger partial charge in [-0.2, -0.15) is 4.39 Å². The summed E-state index contributed by atoms with van der Waals surface area (Å²) in [4.78, 5) is 0. The van der Waals surface area contributed by atoms with Crippen molar-refractivity contribution in [2.45, 2.75) is 6.92 Å². The van der Waals surface area contributed by atoms with E-state index in [1.807, 2.05) is 0 Å². The van der Waals surface area contributed by atoms with Crippen LogP contribution in [-0.4, -0.2) is 20.7 Å². The van der Waals surface area contributed by atoms with Crippen molar-refractivity contribution in [2.75, 3.05) is 20.7 Å². The zero-order chi connectivity index (χ0) is 12.0. The van der Waals surface area contributed by atoms with Gasteiger partial charge in [0.1, 0.15) is 0 Å². The second kappa shape index (κ2) is 6.52. The molecule has 1 aromatic rings. The average Bonchev–Trinajstić information content (AvgIpc) is 2.28. The monoisotopic (exact) mass is 250 g/mol. The first-order valence-electron chi connectivity index (χ1n) is 4.48. The number of rotatable bonds is 6. The predicted molar refractivity (Wildman–Crippen MR) is 56.1 cm³/mol. The standard InChI is InChI=1S/C10H12ClFO4/c1-7-3-4-8(14-5-13-2)9(12)10(7)15-6-16-11/h3-4H,5-6H2,1-2H3. The molecule has 0 aliphatic carbocycles. The molecule has 1 rings (SSSR count). The number of aryl methyl sites for hydroxylation is 1. The smallest absolute Gasteiger partial charge is 0.208 e. The Morgan fingerprint density at radius 3 is 2.62 bits per heavy atom. The van der Waals surface area contributed by atoms with Crippen molar-refractivity contribution >= 4 is 11.9 Å². The van der Waals surface area contributed by atoms with Crippen molar-refractivity contribution in [3.63, 3.8) is 0 Å². The summed E-state index contributed by atoms with van der Waals surface area (Å²) >= 11 is 4.98. The minimum Gasteiger partial charge on any atom is -0.464 e. The Morgan fingerprint density at radius 1 is 1.25 bits per heavy atom. The quantitative estimate of drug-likeness (QED) is 0.728. The van der Waals surface area contributed by atoms with E-state index in [-0.39, 0.29) is 25.1 Å². The van der Waals surface area contributed by atoms with Gasteiger partial charge >= 0.3 is 0 Å². The highest BCUT2D eigenvalue weighted by atomic mass is 35.5. The van der Waals surface area contributed by atoms with Gasteiger partial charge in [0, 0.05) is 7.11 Å². The molecule has 0 fully saturated rings. The van der Waals surface area contributed by atoms with Gasteiger partial charge in [-0.3, -0.25) is 0 Å². The molecular weight excluding hydrogens is 239 g/mol. The van der Waals surface area contributed by atoms with E-state index in [4.69, 9.17) is 21.3 Å². The van der Waals surface area contributed by atoms with Crippen LogP contribution in [0.15, 0.2) is 12.1 Å². The van der Waals surface area contributed by atoms with Crippen molar-refractivity contribution in [2.24, 2.45) is 0 Å². The van der Waals surface area contributed by atoms with Gasteiger partial charge < -0.3 is 14.2 Å². The first kappa shape index (κ1) is 13.0. The molecule has 0 heterocycles. The fraction of sp³-hybridized carbons (Fsp3) is 0.400. The predicted octanol–water partition coefficient (Wildman–Crippen LogP) is 2.62. The zero-order valence-electron chi connectivity index (χ0n) is 8.96. The Balaban J connectivity index is 2.87. The number of methoxy groups -OCH3 is 1. The molecule has 0 radical (unpaired) electrons. The molecule has 0 spiro atoms. The van der Waals surface area contributed by atoms with E-state index < -0.39 is 5.82 Å². The number of hydrogen-bond donors (Lipinski definition) is 0. The van der Waals surface area contributed by atoms with Gasteiger partial charge in [0.2, 0.25) is 12.6 Å². The third kappa shape index (κ3) is 3.23. The summed E-state index contributed by atoms with van der Waals surface area (Å²) in [6, 6.07) is 3.16. The van der Waals surface area contributed by atoms with Gasteiger partial charge in [0.15, 0.2) is 18.3 Å². The Hall–Kier alpha value is -1.04. The molecule has 0 saturated carbocycles. The molecule has 90 valence electrons. The molecular formula is C10H12ClFO4. The van der Waals surface area contributed by atoms with Gasteiger partial charge in [0.25, 0.3) is 0 Å². The van der Waals surface area contributed by atoms with Crippen molar-refractivity contribution in [3.8, 4) is 11.5 Å². The highest BCUT2D eigenvalue weighted by molar-refractivity contribution is 6.07. The largest absolute Gasteiger partial charge is 0.464 e. The Bertz CT molecular complexity index is 346. The van der Waals surface area contributed by atoms with Crippen molar-refractivity contribution < 1.29 is 22.9 Å². The van der Waals surface area contributed by atoms with Gasteiger partial charge in [0.05, 0.1) is 11.9 Å². The van der Waals surface area contributed by atoms with Crippen LogP contribution in [0.5, 0.6) is 11.5 Å². The Labute approximate surface area is 98.0 Å². The molecule has 0 unspecified atom stereocenters. The van der Waals surface area contributed by atoms with Crippen LogP contribution in [0.3, 0.4) is 0 Å². The molecule has 0 N–H and O–H groups in total. The topological polar surface area (TPSA) is 36.9 Å². The maximum Gasteiger partial charge on any atom is 0.208 e. The number of halogens is 2. The Kier molecular flexibility index (Phi) is 5.31. The lowest BCUT2D eigenvalue weighted by Gasteiger charge is -2.12. The van der Waals surface area contributed by atoms with E-state index in [0.717, 1.165) is 0 Å². The number of benzene rings is 1. The van der Waals surface area contributed by atoms with Crippen LogP contribution in [0.4, 0.5) is 4.39 Å². The molecule has 0 aromatic heterocycles. The van der Waals surface area contributed by atoms with Crippen molar-refractivity contribution in [1.29, 1.82) is 0 Å². The fourth-order valence-corrected chi connectivity index (χ4v) is 1.17. The maximum absolute atomic E-state index is 13.8. The molecule has 6 heteroatoms. The second-order valence-electron chi connectivity index (χ2n) is 2.95. The van der Waals surface area contributed by atoms with E-state index in [9.17, 15) is 4.39 Å². The third-order valence-electron chi connectivity index (χ3n) is 1.84. The molecule has 0 saturated heterocycles. The first-order valence-corrected chi connectivity index (χ1v) is 4.78. The van der Waals surface area contributed by atoms with Crippen LogP contribution < -0.4 is 9.47 Å². The third-order valence-corrected chi connectivity index (χ3v) is 1.93. The van der Waals surface area contributed by atoms with Crippen LogP contribution in [0.1, 0.15) is 5.56 Å². The lowest BCUT2D eigenvalue weighted by atomic mass is 10.2. The lowest BCUT2D eigenvalue weighted by Crippen LogP contribution is -2.05. The van der Waals surface area contributed by atoms with E-state index in [1.54, 1.807) is 13.0 Å². The van der Waals surface area contributed by atoms with Crippen LogP contribution >= 0.6 is 11.9 Å². The van der Waals surface area contributed by atoms with E-state index in [1.165, 1.54) is 13.2 Å². The molecule has 0 aliphatic rings. The van der Waals surface area contributed by atoms with E-state index >= 15 is 0 Å². The summed E-state index contributed by atoms with van der Waals surface area (Å²) < 4.78 is 32.6. The summed E-state index contributed by atoms with van der Waals surface area (Å²) in [6.45, 7) is 1.42. The molecule has 16 heavy (non-hydrogen) atoms. The summed E-state index contributed by atoms with van der Waals surface area (Å²) in [5, 5.41) is 0. The average molecular weight is 251 g/mol. The van der Waals surface area contributed by atoms with Crippen LogP contribution in [0.2, 0.25) is 0 Å². The normalized spacial score (nSPS) is 10.2. The molecule has 4 nitrogen and oxygen atoms in total.